The fraction of sp³-hybridized carbons (Fsp3) is 0.438. The molecule has 0 amide bonds. The lowest BCUT2D eigenvalue weighted by molar-refractivity contribution is -0.137. The molecule has 4 nitrogen and oxygen atoms in total. The Labute approximate surface area is 134 Å². The van der Waals surface area contributed by atoms with Crippen molar-refractivity contribution in [3.63, 3.8) is 0 Å². The molecule has 1 aromatic heterocycles. The highest BCUT2D eigenvalue weighted by atomic mass is 19.4. The van der Waals surface area contributed by atoms with Gasteiger partial charge in [-0.3, -0.25) is 4.68 Å². The minimum absolute atomic E-state index is 0.291. The first-order valence-electron chi connectivity index (χ1n) is 7.09. The van der Waals surface area contributed by atoms with Gasteiger partial charge in [0.1, 0.15) is 0 Å². The highest BCUT2D eigenvalue weighted by molar-refractivity contribution is 5.59. The van der Waals surface area contributed by atoms with Gasteiger partial charge in [-0.15, -0.1) is 0 Å². The van der Waals surface area contributed by atoms with Gasteiger partial charge in [-0.2, -0.15) is 18.3 Å². The van der Waals surface area contributed by atoms with Crippen molar-refractivity contribution in [3.05, 3.63) is 42.1 Å². The van der Waals surface area contributed by atoms with Gasteiger partial charge in [0.25, 0.3) is 0 Å². The van der Waals surface area contributed by atoms with Crippen molar-refractivity contribution in [1.29, 1.82) is 0 Å². The number of nitrogens with zero attached hydrogens (tertiary/aromatic N) is 3. The van der Waals surface area contributed by atoms with Crippen LogP contribution in [-0.4, -0.2) is 47.0 Å². The third-order valence-corrected chi connectivity index (χ3v) is 3.46. The molecule has 0 radical (unpaired) electrons. The summed E-state index contributed by atoms with van der Waals surface area (Å²) in [7, 11) is 4.95. The van der Waals surface area contributed by atoms with Gasteiger partial charge in [0.05, 0.1) is 17.8 Å². The molecule has 0 aliphatic carbocycles. The summed E-state index contributed by atoms with van der Waals surface area (Å²) in [5, 5.41) is 11.3. The molecule has 128 valence electrons. The lowest BCUT2D eigenvalue weighted by Crippen LogP contribution is -2.29. The average molecular weight is 329 g/mol. The number of rotatable bonds is 4. The van der Waals surface area contributed by atoms with Crippen LogP contribution in [0.1, 0.15) is 12.5 Å². The molecule has 1 atom stereocenters. The van der Waals surface area contributed by atoms with E-state index in [1.165, 1.54) is 6.07 Å². The highest BCUT2D eigenvalue weighted by Crippen LogP contribution is 2.31. The topological polar surface area (TPSA) is 41.3 Å². The van der Waals surface area contributed by atoms with Crippen molar-refractivity contribution in [2.45, 2.75) is 25.7 Å². The Kier molecular flexibility index (Phi) is 6.78. The van der Waals surface area contributed by atoms with E-state index in [-0.39, 0.29) is 0 Å². The van der Waals surface area contributed by atoms with Gasteiger partial charge < -0.3 is 10.0 Å². The fourth-order valence-electron chi connectivity index (χ4n) is 1.91. The number of aliphatic hydroxyl groups is 1. The van der Waals surface area contributed by atoms with Gasteiger partial charge in [-0.05, 0) is 39.2 Å². The molecule has 1 heterocycles. The van der Waals surface area contributed by atoms with E-state index in [1.54, 1.807) is 23.0 Å². The number of alkyl halides is 3. The summed E-state index contributed by atoms with van der Waals surface area (Å²) < 4.78 is 39.9. The number of likely N-dealkylation sites (N-methyl/N-ethyl adjacent to an activating group) is 1. The van der Waals surface area contributed by atoms with Crippen LogP contribution in [0.25, 0.3) is 11.3 Å². The van der Waals surface area contributed by atoms with Crippen LogP contribution in [0.2, 0.25) is 0 Å². The van der Waals surface area contributed by atoms with Gasteiger partial charge in [0.2, 0.25) is 0 Å². The third kappa shape index (κ3) is 5.37. The van der Waals surface area contributed by atoms with Crippen molar-refractivity contribution in [2.24, 2.45) is 0 Å². The summed E-state index contributed by atoms with van der Waals surface area (Å²) in [4.78, 5) is 2.06. The summed E-state index contributed by atoms with van der Waals surface area (Å²) in [6.07, 6.45) is -2.55. The van der Waals surface area contributed by atoms with E-state index in [0.29, 0.717) is 23.8 Å². The predicted molar refractivity (Wildman–Crippen MR) is 84.0 cm³/mol. The van der Waals surface area contributed by atoms with Gasteiger partial charge in [-0.25, -0.2) is 0 Å². The largest absolute Gasteiger partial charge is 0.416 e. The minimum atomic E-state index is -4.34. The minimum Gasteiger partial charge on any atom is -0.400 e. The average Bonchev–Trinajstić information content (AvgIpc) is 2.97. The number of aromatic nitrogens is 2. The normalized spacial score (nSPS) is 12.7. The molecular weight excluding hydrogens is 307 g/mol. The van der Waals surface area contributed by atoms with E-state index in [0.717, 1.165) is 19.2 Å². The third-order valence-electron chi connectivity index (χ3n) is 3.46. The summed E-state index contributed by atoms with van der Waals surface area (Å²) in [6, 6.07) is 7.25. The summed E-state index contributed by atoms with van der Waals surface area (Å²) >= 11 is 0. The molecule has 0 fully saturated rings. The van der Waals surface area contributed by atoms with Crippen molar-refractivity contribution in [3.8, 4) is 11.3 Å². The molecule has 0 aliphatic heterocycles. The van der Waals surface area contributed by atoms with Crippen LogP contribution in [0.5, 0.6) is 0 Å². The van der Waals surface area contributed by atoms with Crippen LogP contribution < -0.4 is 0 Å². The zero-order chi connectivity index (χ0) is 17.6. The van der Waals surface area contributed by atoms with Crippen molar-refractivity contribution >= 4 is 0 Å². The molecular formula is C16H22F3N3O. The second kappa shape index (κ2) is 8.12. The maximum absolute atomic E-state index is 12.7. The van der Waals surface area contributed by atoms with Gasteiger partial charge in [0.15, 0.2) is 0 Å². The molecule has 0 spiro atoms. The van der Waals surface area contributed by atoms with Crippen molar-refractivity contribution < 1.29 is 18.3 Å². The fourth-order valence-corrected chi connectivity index (χ4v) is 1.91. The molecule has 1 aromatic carbocycles. The number of halogens is 3. The number of aliphatic hydroxyl groups excluding tert-OH is 1. The van der Waals surface area contributed by atoms with E-state index in [1.807, 2.05) is 14.1 Å². The van der Waals surface area contributed by atoms with Crippen LogP contribution in [0, 0.1) is 0 Å². The van der Waals surface area contributed by atoms with Crippen LogP contribution in [0.4, 0.5) is 13.2 Å². The smallest absolute Gasteiger partial charge is 0.400 e. The molecule has 7 heteroatoms. The lowest BCUT2D eigenvalue weighted by Gasteiger charge is -2.19. The van der Waals surface area contributed by atoms with Gasteiger partial charge in [-0.1, -0.05) is 12.1 Å². The highest BCUT2D eigenvalue weighted by Gasteiger charge is 2.30. The second-order valence-electron chi connectivity index (χ2n) is 5.31. The molecule has 2 aromatic rings. The first kappa shape index (κ1) is 19.2. The Hall–Kier alpha value is -1.86. The molecule has 0 saturated heterocycles. The Morgan fingerprint density at radius 2 is 1.87 bits per heavy atom. The predicted octanol–water partition coefficient (Wildman–Crippen LogP) is 3.13. The molecule has 0 bridgehead atoms. The molecule has 0 unspecified atom stereocenters. The lowest BCUT2D eigenvalue weighted by atomic mass is 10.1. The van der Waals surface area contributed by atoms with E-state index in [9.17, 15) is 13.2 Å². The SMILES string of the molecule is CO.C[C@@H](Cn1ccc(-c2cccc(C(F)(F)F)c2)n1)N(C)C. The van der Waals surface area contributed by atoms with Crippen molar-refractivity contribution in [2.75, 3.05) is 21.2 Å². The van der Waals surface area contributed by atoms with Gasteiger partial charge in [0, 0.05) is 24.9 Å². The quantitative estimate of drug-likeness (QED) is 0.937. The van der Waals surface area contributed by atoms with Crippen LogP contribution in [0.3, 0.4) is 0 Å². The Bertz CT molecular complexity index is 609. The maximum atomic E-state index is 12.7. The zero-order valence-electron chi connectivity index (χ0n) is 13.7. The molecule has 23 heavy (non-hydrogen) atoms. The first-order valence-corrected chi connectivity index (χ1v) is 7.09. The Morgan fingerprint density at radius 1 is 1.22 bits per heavy atom. The Balaban J connectivity index is 0.00000127. The molecule has 2 rings (SSSR count). The monoisotopic (exact) mass is 329 g/mol. The van der Waals surface area contributed by atoms with E-state index >= 15 is 0 Å². The molecule has 0 saturated carbocycles. The number of benzene rings is 1. The zero-order valence-corrected chi connectivity index (χ0v) is 13.7. The summed E-state index contributed by atoms with van der Waals surface area (Å²) in [6.45, 7) is 2.75. The Morgan fingerprint density at radius 3 is 2.43 bits per heavy atom. The summed E-state index contributed by atoms with van der Waals surface area (Å²) in [5.41, 5.74) is 0.365. The number of hydrogen-bond acceptors (Lipinski definition) is 3. The van der Waals surface area contributed by atoms with Crippen LogP contribution in [-0.2, 0) is 12.7 Å². The van der Waals surface area contributed by atoms with E-state index < -0.39 is 11.7 Å². The maximum Gasteiger partial charge on any atom is 0.416 e. The molecule has 1 N–H and O–H groups in total. The van der Waals surface area contributed by atoms with E-state index in [2.05, 4.69) is 16.9 Å². The van der Waals surface area contributed by atoms with Crippen LogP contribution in [0.15, 0.2) is 36.5 Å². The second-order valence-corrected chi connectivity index (χ2v) is 5.31. The van der Waals surface area contributed by atoms with Crippen molar-refractivity contribution in [1.82, 2.24) is 14.7 Å². The van der Waals surface area contributed by atoms with E-state index in [4.69, 9.17) is 5.11 Å². The standard InChI is InChI=1S/C15H18F3N3.CH4O/c1-11(20(2)3)10-21-8-7-14(19-21)12-5-4-6-13(9-12)15(16,17)18;1-2/h4-9,11H,10H2,1-3H3;2H,1H3/t11-;/m0./s1. The number of hydrogen-bond donors (Lipinski definition) is 1. The van der Waals surface area contributed by atoms with Crippen LogP contribution >= 0.6 is 0 Å². The molecule has 0 aliphatic rings. The first-order chi connectivity index (χ1) is 10.8. The summed E-state index contributed by atoms with van der Waals surface area (Å²) in [5.74, 6) is 0. The van der Waals surface area contributed by atoms with Gasteiger partial charge >= 0.3 is 6.18 Å².